The number of rotatable bonds is 3. The minimum absolute atomic E-state index is 0.613. The van der Waals surface area contributed by atoms with Crippen molar-refractivity contribution in [2.45, 2.75) is 37.6 Å². The fourth-order valence-electron chi connectivity index (χ4n) is 2.25. The van der Waals surface area contributed by atoms with Crippen LogP contribution in [0.15, 0.2) is 0 Å². The molecule has 1 aliphatic heterocycles. The lowest BCUT2D eigenvalue weighted by Crippen LogP contribution is -2.44. The van der Waals surface area contributed by atoms with Gasteiger partial charge in [0.05, 0.1) is 0 Å². The number of anilines is 1. The summed E-state index contributed by atoms with van der Waals surface area (Å²) in [5.41, 5.74) is 0. The molecule has 1 aromatic heterocycles. The highest BCUT2D eigenvalue weighted by Gasteiger charge is 2.29. The third-order valence-corrected chi connectivity index (χ3v) is 4.26. The number of nitrogens with one attached hydrogen (secondary N) is 1. The Balaban J connectivity index is 1.70. The monoisotopic (exact) mass is 238 g/mol. The third kappa shape index (κ3) is 2.06. The van der Waals surface area contributed by atoms with Gasteiger partial charge >= 0.3 is 0 Å². The largest absolute Gasteiger partial charge is 0.345 e. The SMILES string of the molecule is CNC1CCCN(c2nc(C3CC3)ns2)C1. The molecule has 1 aromatic rings. The zero-order valence-corrected chi connectivity index (χ0v) is 10.5. The van der Waals surface area contributed by atoms with Gasteiger partial charge in [0, 0.05) is 36.6 Å². The van der Waals surface area contributed by atoms with Crippen molar-refractivity contribution in [3.63, 3.8) is 0 Å². The van der Waals surface area contributed by atoms with Crippen LogP contribution >= 0.6 is 11.5 Å². The van der Waals surface area contributed by atoms with E-state index in [1.54, 1.807) is 11.5 Å². The average Bonchev–Trinajstić information content (AvgIpc) is 3.07. The van der Waals surface area contributed by atoms with Gasteiger partial charge in [0.1, 0.15) is 5.82 Å². The van der Waals surface area contributed by atoms with Crippen molar-refractivity contribution >= 4 is 16.7 Å². The van der Waals surface area contributed by atoms with Crippen molar-refractivity contribution in [1.82, 2.24) is 14.7 Å². The van der Waals surface area contributed by atoms with Gasteiger partial charge in [-0.3, -0.25) is 0 Å². The number of piperidine rings is 1. The highest BCUT2D eigenvalue weighted by molar-refractivity contribution is 7.09. The molecule has 2 aliphatic rings. The highest BCUT2D eigenvalue weighted by Crippen LogP contribution is 2.39. The van der Waals surface area contributed by atoms with E-state index < -0.39 is 0 Å². The lowest BCUT2D eigenvalue weighted by molar-refractivity contribution is 0.449. The van der Waals surface area contributed by atoms with E-state index in [0.717, 1.165) is 24.0 Å². The number of nitrogens with zero attached hydrogens (tertiary/aromatic N) is 3. The van der Waals surface area contributed by atoms with Crippen LogP contribution < -0.4 is 10.2 Å². The van der Waals surface area contributed by atoms with Gasteiger partial charge < -0.3 is 10.2 Å². The summed E-state index contributed by atoms with van der Waals surface area (Å²) in [7, 11) is 2.05. The average molecular weight is 238 g/mol. The first-order valence-electron chi connectivity index (χ1n) is 6.12. The van der Waals surface area contributed by atoms with E-state index in [1.807, 2.05) is 7.05 Å². The molecule has 0 bridgehead atoms. The van der Waals surface area contributed by atoms with Crippen LogP contribution in [0.25, 0.3) is 0 Å². The Bertz CT molecular complexity index is 361. The van der Waals surface area contributed by atoms with Crippen LogP contribution in [-0.4, -0.2) is 35.5 Å². The van der Waals surface area contributed by atoms with Crippen molar-refractivity contribution in [2.75, 3.05) is 25.0 Å². The van der Waals surface area contributed by atoms with Gasteiger partial charge in [0.15, 0.2) is 0 Å². The Morgan fingerprint density at radius 3 is 3.00 bits per heavy atom. The van der Waals surface area contributed by atoms with E-state index in [1.165, 1.54) is 25.7 Å². The first-order chi connectivity index (χ1) is 7.86. The van der Waals surface area contributed by atoms with Crippen LogP contribution in [0.3, 0.4) is 0 Å². The first-order valence-corrected chi connectivity index (χ1v) is 6.90. The smallest absolute Gasteiger partial charge is 0.205 e. The molecule has 0 radical (unpaired) electrons. The van der Waals surface area contributed by atoms with Crippen LogP contribution in [0.2, 0.25) is 0 Å². The molecular weight excluding hydrogens is 220 g/mol. The Labute approximate surface area is 100 Å². The molecule has 1 unspecified atom stereocenters. The number of hydrogen-bond donors (Lipinski definition) is 1. The molecule has 0 amide bonds. The molecule has 88 valence electrons. The zero-order valence-electron chi connectivity index (χ0n) is 9.65. The quantitative estimate of drug-likeness (QED) is 0.868. The summed E-state index contributed by atoms with van der Waals surface area (Å²) in [6.07, 6.45) is 5.11. The maximum absolute atomic E-state index is 4.67. The molecule has 16 heavy (non-hydrogen) atoms. The zero-order chi connectivity index (χ0) is 11.0. The summed E-state index contributed by atoms with van der Waals surface area (Å²) in [6, 6.07) is 0.613. The Kier molecular flexibility index (Phi) is 2.81. The van der Waals surface area contributed by atoms with E-state index in [-0.39, 0.29) is 0 Å². The normalized spacial score (nSPS) is 26.1. The molecular formula is C11H18N4S. The Morgan fingerprint density at radius 1 is 1.38 bits per heavy atom. The summed E-state index contributed by atoms with van der Waals surface area (Å²) in [5.74, 6) is 1.77. The third-order valence-electron chi connectivity index (χ3n) is 3.47. The fraction of sp³-hybridized carbons (Fsp3) is 0.818. The summed E-state index contributed by atoms with van der Waals surface area (Å²) in [6.45, 7) is 2.22. The molecule has 5 heteroatoms. The summed E-state index contributed by atoms with van der Waals surface area (Å²) in [4.78, 5) is 7.05. The predicted molar refractivity (Wildman–Crippen MR) is 66.2 cm³/mol. The van der Waals surface area contributed by atoms with E-state index in [4.69, 9.17) is 0 Å². The molecule has 1 saturated heterocycles. The molecule has 1 aliphatic carbocycles. The van der Waals surface area contributed by atoms with Crippen LogP contribution in [0.5, 0.6) is 0 Å². The van der Waals surface area contributed by atoms with Gasteiger partial charge in [0.25, 0.3) is 0 Å². The maximum Gasteiger partial charge on any atom is 0.205 e. The topological polar surface area (TPSA) is 41.0 Å². The van der Waals surface area contributed by atoms with Gasteiger partial charge in [-0.15, -0.1) is 0 Å². The number of hydrogen-bond acceptors (Lipinski definition) is 5. The second-order valence-electron chi connectivity index (χ2n) is 4.78. The minimum atomic E-state index is 0.613. The lowest BCUT2D eigenvalue weighted by Gasteiger charge is -2.31. The second kappa shape index (κ2) is 4.30. The molecule has 1 N–H and O–H groups in total. The summed E-state index contributed by atoms with van der Waals surface area (Å²) < 4.78 is 4.47. The Morgan fingerprint density at radius 2 is 2.25 bits per heavy atom. The summed E-state index contributed by atoms with van der Waals surface area (Å²) >= 11 is 1.57. The molecule has 2 heterocycles. The van der Waals surface area contributed by atoms with Crippen molar-refractivity contribution < 1.29 is 0 Å². The van der Waals surface area contributed by atoms with Gasteiger partial charge in [-0.25, -0.2) is 4.98 Å². The lowest BCUT2D eigenvalue weighted by atomic mass is 10.1. The number of aromatic nitrogens is 2. The van der Waals surface area contributed by atoms with E-state index in [2.05, 4.69) is 19.6 Å². The van der Waals surface area contributed by atoms with Crippen LogP contribution in [0.4, 0.5) is 5.13 Å². The van der Waals surface area contributed by atoms with Crippen molar-refractivity contribution in [2.24, 2.45) is 0 Å². The van der Waals surface area contributed by atoms with Crippen molar-refractivity contribution in [1.29, 1.82) is 0 Å². The van der Waals surface area contributed by atoms with E-state index in [0.29, 0.717) is 12.0 Å². The standard InChI is InChI=1S/C11H18N4S/c1-12-9-3-2-6-15(7-9)11-13-10(14-16-11)8-4-5-8/h8-9,12H,2-7H2,1H3. The number of likely N-dealkylation sites (N-methyl/N-ethyl adjacent to an activating group) is 1. The molecule has 1 atom stereocenters. The van der Waals surface area contributed by atoms with Crippen molar-refractivity contribution in [3.8, 4) is 0 Å². The van der Waals surface area contributed by atoms with E-state index in [9.17, 15) is 0 Å². The predicted octanol–water partition coefficient (Wildman–Crippen LogP) is 1.60. The van der Waals surface area contributed by atoms with Gasteiger partial charge in [-0.05, 0) is 32.7 Å². The fourth-order valence-corrected chi connectivity index (χ4v) is 3.03. The van der Waals surface area contributed by atoms with Gasteiger partial charge in [-0.1, -0.05) is 0 Å². The van der Waals surface area contributed by atoms with Gasteiger partial charge in [0.2, 0.25) is 5.13 Å². The molecule has 1 saturated carbocycles. The summed E-state index contributed by atoms with van der Waals surface area (Å²) in [5, 5.41) is 4.49. The van der Waals surface area contributed by atoms with Crippen LogP contribution in [0.1, 0.15) is 37.4 Å². The molecule has 0 aromatic carbocycles. The first kappa shape index (κ1) is 10.5. The van der Waals surface area contributed by atoms with Crippen LogP contribution in [-0.2, 0) is 0 Å². The minimum Gasteiger partial charge on any atom is -0.345 e. The second-order valence-corrected chi connectivity index (χ2v) is 5.51. The molecule has 4 nitrogen and oxygen atoms in total. The molecule has 0 spiro atoms. The Hall–Kier alpha value is -0.680. The highest BCUT2D eigenvalue weighted by atomic mass is 32.1. The van der Waals surface area contributed by atoms with Gasteiger partial charge in [-0.2, -0.15) is 4.37 Å². The van der Waals surface area contributed by atoms with Crippen LogP contribution in [0, 0.1) is 0 Å². The van der Waals surface area contributed by atoms with E-state index >= 15 is 0 Å². The molecule has 3 rings (SSSR count). The molecule has 2 fully saturated rings. The van der Waals surface area contributed by atoms with Crippen molar-refractivity contribution in [3.05, 3.63) is 5.82 Å². The maximum atomic E-state index is 4.67.